The van der Waals surface area contributed by atoms with Gasteiger partial charge in [-0.05, 0) is 42.5 Å². The zero-order valence-corrected chi connectivity index (χ0v) is 12.6. The van der Waals surface area contributed by atoms with Crippen LogP contribution in [0.4, 0.5) is 0 Å². The molecule has 0 spiro atoms. The summed E-state index contributed by atoms with van der Waals surface area (Å²) < 4.78 is 7.76. The quantitative estimate of drug-likeness (QED) is 0.720. The van der Waals surface area contributed by atoms with Crippen LogP contribution in [-0.2, 0) is 0 Å². The van der Waals surface area contributed by atoms with E-state index in [9.17, 15) is 0 Å². The van der Waals surface area contributed by atoms with E-state index in [2.05, 4.69) is 11.1 Å². The van der Waals surface area contributed by atoms with Gasteiger partial charge >= 0.3 is 0 Å². The van der Waals surface area contributed by atoms with Crippen molar-refractivity contribution in [2.45, 2.75) is 0 Å². The van der Waals surface area contributed by atoms with E-state index in [0.29, 0.717) is 21.1 Å². The van der Waals surface area contributed by atoms with Crippen molar-refractivity contribution < 1.29 is 4.74 Å². The molecule has 0 amide bonds. The zero-order chi connectivity index (χ0) is 15.0. The summed E-state index contributed by atoms with van der Waals surface area (Å²) in [5.74, 6) is 0.575. The minimum absolute atomic E-state index is 0.528. The van der Waals surface area contributed by atoms with Crippen molar-refractivity contribution in [3.8, 4) is 17.5 Å². The van der Waals surface area contributed by atoms with E-state index in [1.807, 2.05) is 16.7 Å². The number of hydrogen-bond acceptors (Lipinski definition) is 3. The van der Waals surface area contributed by atoms with Gasteiger partial charge in [-0.3, -0.25) is 4.57 Å². The molecule has 0 aliphatic heterocycles. The van der Waals surface area contributed by atoms with Crippen LogP contribution in [0.15, 0.2) is 36.4 Å². The number of imidazole rings is 1. The van der Waals surface area contributed by atoms with Gasteiger partial charge in [-0.25, -0.2) is 0 Å². The minimum atomic E-state index is 0.528. The maximum atomic E-state index is 8.99. The van der Waals surface area contributed by atoms with Crippen LogP contribution in [-0.4, -0.2) is 16.7 Å². The number of methoxy groups -OCH3 is 1. The molecule has 0 aliphatic carbocycles. The van der Waals surface area contributed by atoms with E-state index in [-0.39, 0.29) is 0 Å². The molecule has 1 N–H and O–H groups in total. The highest BCUT2D eigenvalue weighted by Gasteiger charge is 2.12. The number of nitrogens with one attached hydrogen (secondary N) is 1. The Bertz CT molecular complexity index is 936. The monoisotopic (exact) mass is 315 g/mol. The fraction of sp³-hybridized carbons (Fsp3) is 0.0667. The van der Waals surface area contributed by atoms with Gasteiger partial charge < -0.3 is 9.72 Å². The molecule has 1 heterocycles. The summed E-state index contributed by atoms with van der Waals surface area (Å²) in [5.41, 5.74) is 3.03. The Balaban J connectivity index is 2.35. The average Bonchev–Trinajstić information content (AvgIpc) is 2.81. The van der Waals surface area contributed by atoms with E-state index in [1.165, 1.54) is 0 Å². The van der Waals surface area contributed by atoms with Gasteiger partial charge in [0.25, 0.3) is 0 Å². The van der Waals surface area contributed by atoms with Crippen molar-refractivity contribution >= 4 is 34.9 Å². The second-order valence-corrected chi connectivity index (χ2v) is 5.25. The van der Waals surface area contributed by atoms with E-state index >= 15 is 0 Å². The lowest BCUT2D eigenvalue weighted by atomic mass is 10.2. The van der Waals surface area contributed by atoms with Crippen LogP contribution in [0.2, 0.25) is 5.02 Å². The maximum Gasteiger partial charge on any atom is 0.182 e. The number of fused-ring (bicyclic) bond motifs is 1. The first-order valence-corrected chi connectivity index (χ1v) is 6.91. The van der Waals surface area contributed by atoms with Crippen LogP contribution in [0.25, 0.3) is 16.7 Å². The Kier molecular flexibility index (Phi) is 3.42. The van der Waals surface area contributed by atoms with Gasteiger partial charge in [-0.15, -0.1) is 0 Å². The summed E-state index contributed by atoms with van der Waals surface area (Å²) in [5, 5.41) is 9.61. The SMILES string of the molecule is COc1cc(C#N)ccc1-n1c(=S)[nH]c2ccc(Cl)cc21. The molecule has 0 bridgehead atoms. The van der Waals surface area contributed by atoms with E-state index in [1.54, 1.807) is 31.4 Å². The van der Waals surface area contributed by atoms with Crippen LogP contribution < -0.4 is 4.74 Å². The molecule has 0 radical (unpaired) electrons. The number of hydrogen-bond donors (Lipinski definition) is 1. The van der Waals surface area contributed by atoms with Crippen molar-refractivity contribution in [1.29, 1.82) is 5.26 Å². The third-order valence-electron chi connectivity index (χ3n) is 3.20. The van der Waals surface area contributed by atoms with Crippen molar-refractivity contribution in [3.05, 3.63) is 51.8 Å². The van der Waals surface area contributed by atoms with Crippen LogP contribution >= 0.6 is 23.8 Å². The zero-order valence-electron chi connectivity index (χ0n) is 11.1. The molecule has 0 saturated carbocycles. The lowest BCUT2D eigenvalue weighted by molar-refractivity contribution is 0.413. The lowest BCUT2D eigenvalue weighted by Crippen LogP contribution is -1.98. The highest BCUT2D eigenvalue weighted by atomic mass is 35.5. The first-order chi connectivity index (χ1) is 10.1. The molecule has 4 nitrogen and oxygen atoms in total. The molecule has 0 fully saturated rings. The second kappa shape index (κ2) is 5.24. The van der Waals surface area contributed by atoms with Crippen LogP contribution in [0.5, 0.6) is 5.75 Å². The van der Waals surface area contributed by atoms with E-state index in [0.717, 1.165) is 16.7 Å². The van der Waals surface area contributed by atoms with E-state index < -0.39 is 0 Å². The van der Waals surface area contributed by atoms with Crippen LogP contribution in [0.3, 0.4) is 0 Å². The highest BCUT2D eigenvalue weighted by molar-refractivity contribution is 7.71. The third kappa shape index (κ3) is 2.29. The Morgan fingerprint density at radius 1 is 1.29 bits per heavy atom. The normalized spacial score (nSPS) is 10.5. The number of benzene rings is 2. The van der Waals surface area contributed by atoms with Gasteiger partial charge in [0.1, 0.15) is 5.75 Å². The van der Waals surface area contributed by atoms with Gasteiger partial charge in [0, 0.05) is 11.1 Å². The molecule has 6 heteroatoms. The lowest BCUT2D eigenvalue weighted by Gasteiger charge is -2.10. The number of rotatable bonds is 2. The van der Waals surface area contributed by atoms with Gasteiger partial charge in [0.05, 0.1) is 35.5 Å². The molecule has 0 saturated heterocycles. The summed E-state index contributed by atoms with van der Waals surface area (Å²) in [4.78, 5) is 3.13. The molecule has 0 unspecified atom stereocenters. The Labute approximate surface area is 131 Å². The molecule has 0 aliphatic rings. The average molecular weight is 316 g/mol. The Morgan fingerprint density at radius 3 is 2.81 bits per heavy atom. The molecule has 3 rings (SSSR count). The van der Waals surface area contributed by atoms with Crippen molar-refractivity contribution in [2.75, 3.05) is 7.11 Å². The fourth-order valence-corrected chi connectivity index (χ4v) is 2.72. The number of aromatic nitrogens is 2. The van der Waals surface area contributed by atoms with Gasteiger partial charge in [-0.1, -0.05) is 11.6 Å². The largest absolute Gasteiger partial charge is 0.495 e. The van der Waals surface area contributed by atoms with Gasteiger partial charge in [-0.2, -0.15) is 5.26 Å². The van der Waals surface area contributed by atoms with Crippen molar-refractivity contribution in [2.24, 2.45) is 0 Å². The topological polar surface area (TPSA) is 53.7 Å². The molecule has 3 aromatic rings. The molecule has 0 atom stereocenters. The summed E-state index contributed by atoms with van der Waals surface area (Å²) in [6.07, 6.45) is 0. The smallest absolute Gasteiger partial charge is 0.182 e. The van der Waals surface area contributed by atoms with E-state index in [4.69, 9.17) is 33.8 Å². The Hall–Kier alpha value is -2.29. The summed E-state index contributed by atoms with van der Waals surface area (Å²) in [6.45, 7) is 0. The molecule has 2 aromatic carbocycles. The number of nitrogens with zero attached hydrogens (tertiary/aromatic N) is 2. The van der Waals surface area contributed by atoms with Crippen molar-refractivity contribution in [1.82, 2.24) is 9.55 Å². The first-order valence-electron chi connectivity index (χ1n) is 6.13. The predicted molar refractivity (Wildman–Crippen MR) is 84.7 cm³/mol. The fourth-order valence-electron chi connectivity index (χ4n) is 2.25. The first kappa shape index (κ1) is 13.7. The number of H-pyrrole nitrogens is 1. The second-order valence-electron chi connectivity index (χ2n) is 4.43. The van der Waals surface area contributed by atoms with Gasteiger partial charge in [0.15, 0.2) is 4.77 Å². The number of nitriles is 1. The van der Waals surface area contributed by atoms with Gasteiger partial charge in [0.2, 0.25) is 0 Å². The minimum Gasteiger partial charge on any atom is -0.495 e. The summed E-state index contributed by atoms with van der Waals surface area (Å²) in [7, 11) is 1.56. The molecule has 104 valence electrons. The molecular formula is C15H10ClN3OS. The maximum absolute atomic E-state index is 8.99. The molecule has 1 aromatic heterocycles. The number of ether oxygens (including phenoxy) is 1. The summed E-state index contributed by atoms with van der Waals surface area (Å²) in [6, 6.07) is 12.8. The standard InChI is InChI=1S/C15H10ClN3OS/c1-20-14-6-9(8-17)2-5-12(14)19-13-7-10(16)3-4-11(13)18-15(19)21/h2-7H,1H3,(H,18,21). The van der Waals surface area contributed by atoms with Crippen LogP contribution in [0, 0.1) is 16.1 Å². The highest BCUT2D eigenvalue weighted by Crippen LogP contribution is 2.29. The molecular weight excluding hydrogens is 306 g/mol. The van der Waals surface area contributed by atoms with Crippen molar-refractivity contribution in [3.63, 3.8) is 0 Å². The predicted octanol–water partition coefficient (Wildman–Crippen LogP) is 4.22. The number of halogens is 1. The van der Waals surface area contributed by atoms with Crippen LogP contribution in [0.1, 0.15) is 5.56 Å². The third-order valence-corrected chi connectivity index (χ3v) is 3.71. The summed E-state index contributed by atoms with van der Waals surface area (Å²) >= 11 is 11.5. The molecule has 21 heavy (non-hydrogen) atoms. The Morgan fingerprint density at radius 2 is 2.10 bits per heavy atom. The number of aromatic amines is 1.